The molecule has 0 radical (unpaired) electrons. The molecule has 1 saturated heterocycles. The molecular formula is C17H23N5O. The normalized spacial score (nSPS) is 18.2. The van der Waals surface area contributed by atoms with E-state index in [1.807, 2.05) is 28.6 Å². The van der Waals surface area contributed by atoms with Crippen LogP contribution in [0.1, 0.15) is 50.7 Å². The zero-order chi connectivity index (χ0) is 16.4. The van der Waals surface area contributed by atoms with Crippen LogP contribution in [0.25, 0.3) is 11.4 Å². The van der Waals surface area contributed by atoms with Gasteiger partial charge in [0.05, 0.1) is 23.1 Å². The summed E-state index contributed by atoms with van der Waals surface area (Å²) in [5.41, 5.74) is 2.80. The summed E-state index contributed by atoms with van der Waals surface area (Å²) in [6.45, 7) is 7.21. The van der Waals surface area contributed by atoms with Gasteiger partial charge in [-0.1, -0.05) is 0 Å². The Morgan fingerprint density at radius 2 is 2.17 bits per heavy atom. The number of amides is 1. The summed E-state index contributed by atoms with van der Waals surface area (Å²) in [6, 6.07) is 4.04. The first-order valence-corrected chi connectivity index (χ1v) is 8.25. The molecule has 3 rings (SSSR count). The summed E-state index contributed by atoms with van der Waals surface area (Å²) < 4.78 is 1.93. The number of carbonyl (C=O) groups is 1. The smallest absolute Gasteiger partial charge is 0.220 e. The van der Waals surface area contributed by atoms with Crippen molar-refractivity contribution in [1.29, 1.82) is 0 Å². The van der Waals surface area contributed by atoms with Crippen molar-refractivity contribution in [2.75, 3.05) is 6.54 Å². The topological polar surface area (TPSA) is 63.9 Å². The predicted octanol–water partition coefficient (Wildman–Crippen LogP) is 2.74. The lowest BCUT2D eigenvalue weighted by Gasteiger charge is -2.34. The summed E-state index contributed by atoms with van der Waals surface area (Å²) in [6.07, 6.45) is 4.94. The Labute approximate surface area is 136 Å². The second-order valence-electron chi connectivity index (χ2n) is 5.98. The zero-order valence-electron chi connectivity index (χ0n) is 14.0. The van der Waals surface area contributed by atoms with Crippen LogP contribution >= 0.6 is 0 Å². The van der Waals surface area contributed by atoms with E-state index in [1.54, 1.807) is 13.1 Å². The first kappa shape index (κ1) is 15.6. The van der Waals surface area contributed by atoms with Gasteiger partial charge in [0.1, 0.15) is 5.82 Å². The standard InChI is InChI=1S/C17H23N5O/c1-4-22-17(8-9-18-22)15-11-14(19-12(2)20-15)16-7-5-6-10-21(16)13(3)23/h8-9,11,16H,4-7,10H2,1-3H3/t16-/m0/s1. The lowest BCUT2D eigenvalue weighted by atomic mass is 9.98. The highest BCUT2D eigenvalue weighted by molar-refractivity contribution is 5.74. The third-order valence-electron chi connectivity index (χ3n) is 4.38. The van der Waals surface area contributed by atoms with Crippen molar-refractivity contribution in [3.05, 3.63) is 29.8 Å². The van der Waals surface area contributed by atoms with Gasteiger partial charge >= 0.3 is 0 Å². The fraction of sp³-hybridized carbons (Fsp3) is 0.529. The number of piperidine rings is 1. The van der Waals surface area contributed by atoms with Gasteiger partial charge in [-0.2, -0.15) is 5.10 Å². The molecule has 0 aliphatic carbocycles. The van der Waals surface area contributed by atoms with Gasteiger partial charge in [-0.25, -0.2) is 9.97 Å². The molecule has 0 spiro atoms. The van der Waals surface area contributed by atoms with Crippen LogP contribution in [0.15, 0.2) is 18.3 Å². The van der Waals surface area contributed by atoms with Crippen LogP contribution in [0, 0.1) is 6.92 Å². The van der Waals surface area contributed by atoms with Crippen molar-refractivity contribution in [3.63, 3.8) is 0 Å². The lowest BCUT2D eigenvalue weighted by Crippen LogP contribution is -2.37. The molecule has 2 aromatic rings. The fourth-order valence-corrected chi connectivity index (χ4v) is 3.31. The number of aryl methyl sites for hydroxylation is 2. The molecule has 3 heterocycles. The van der Waals surface area contributed by atoms with E-state index in [2.05, 4.69) is 22.0 Å². The number of aromatic nitrogens is 4. The van der Waals surface area contributed by atoms with Gasteiger partial charge in [-0.15, -0.1) is 0 Å². The Bertz CT molecular complexity index is 709. The molecular weight excluding hydrogens is 290 g/mol. The van der Waals surface area contributed by atoms with Crippen LogP contribution in [-0.4, -0.2) is 37.1 Å². The molecule has 0 saturated carbocycles. The average molecular weight is 313 g/mol. The van der Waals surface area contributed by atoms with Crippen LogP contribution in [0.2, 0.25) is 0 Å². The predicted molar refractivity (Wildman–Crippen MR) is 87.6 cm³/mol. The van der Waals surface area contributed by atoms with E-state index in [0.717, 1.165) is 55.3 Å². The van der Waals surface area contributed by atoms with Crippen LogP contribution in [0.3, 0.4) is 0 Å². The first-order valence-electron chi connectivity index (χ1n) is 8.25. The van der Waals surface area contributed by atoms with E-state index in [9.17, 15) is 4.79 Å². The Kier molecular flexibility index (Phi) is 4.41. The van der Waals surface area contributed by atoms with Crippen LogP contribution in [-0.2, 0) is 11.3 Å². The van der Waals surface area contributed by atoms with Crippen molar-refractivity contribution in [3.8, 4) is 11.4 Å². The molecule has 1 fully saturated rings. The van der Waals surface area contributed by atoms with E-state index in [1.165, 1.54) is 0 Å². The minimum absolute atomic E-state index is 0.0553. The summed E-state index contributed by atoms with van der Waals surface area (Å²) in [5, 5.41) is 4.32. The van der Waals surface area contributed by atoms with Crippen molar-refractivity contribution in [2.45, 2.75) is 52.6 Å². The first-order chi connectivity index (χ1) is 11.1. The monoisotopic (exact) mass is 313 g/mol. The van der Waals surface area contributed by atoms with Crippen molar-refractivity contribution in [2.24, 2.45) is 0 Å². The summed E-state index contributed by atoms with van der Waals surface area (Å²) in [4.78, 5) is 23.1. The van der Waals surface area contributed by atoms with Gasteiger partial charge in [-0.05, 0) is 45.2 Å². The maximum atomic E-state index is 11.9. The van der Waals surface area contributed by atoms with Gasteiger partial charge < -0.3 is 4.90 Å². The zero-order valence-corrected chi connectivity index (χ0v) is 14.0. The van der Waals surface area contributed by atoms with Gasteiger partial charge in [0.15, 0.2) is 0 Å². The van der Waals surface area contributed by atoms with Crippen molar-refractivity contribution >= 4 is 5.91 Å². The molecule has 0 aromatic carbocycles. The van der Waals surface area contributed by atoms with E-state index in [-0.39, 0.29) is 11.9 Å². The quantitative estimate of drug-likeness (QED) is 0.874. The Morgan fingerprint density at radius 3 is 2.91 bits per heavy atom. The molecule has 23 heavy (non-hydrogen) atoms. The van der Waals surface area contributed by atoms with E-state index >= 15 is 0 Å². The largest absolute Gasteiger partial charge is 0.334 e. The molecule has 1 aliphatic rings. The Balaban J connectivity index is 2.02. The van der Waals surface area contributed by atoms with E-state index < -0.39 is 0 Å². The summed E-state index contributed by atoms with van der Waals surface area (Å²) in [5.74, 6) is 0.849. The number of likely N-dealkylation sites (tertiary alicyclic amines) is 1. The highest BCUT2D eigenvalue weighted by Gasteiger charge is 2.27. The van der Waals surface area contributed by atoms with E-state index in [4.69, 9.17) is 0 Å². The maximum absolute atomic E-state index is 11.9. The SMILES string of the molecule is CCn1nccc1-c1cc([C@@H]2CCCCN2C(C)=O)nc(C)n1. The Hall–Kier alpha value is -2.24. The fourth-order valence-electron chi connectivity index (χ4n) is 3.31. The van der Waals surface area contributed by atoms with Crippen LogP contribution < -0.4 is 0 Å². The Morgan fingerprint density at radius 1 is 1.35 bits per heavy atom. The van der Waals surface area contributed by atoms with Crippen molar-refractivity contribution < 1.29 is 4.79 Å². The third-order valence-corrected chi connectivity index (χ3v) is 4.38. The molecule has 0 N–H and O–H groups in total. The molecule has 1 aliphatic heterocycles. The van der Waals surface area contributed by atoms with Crippen molar-refractivity contribution in [1.82, 2.24) is 24.6 Å². The minimum Gasteiger partial charge on any atom is -0.334 e. The lowest BCUT2D eigenvalue weighted by molar-refractivity contribution is -0.132. The highest BCUT2D eigenvalue weighted by atomic mass is 16.2. The second kappa shape index (κ2) is 6.48. The molecule has 6 heteroatoms. The minimum atomic E-state index is 0.0553. The van der Waals surface area contributed by atoms with Gasteiger partial charge in [-0.3, -0.25) is 9.48 Å². The summed E-state index contributed by atoms with van der Waals surface area (Å²) in [7, 11) is 0. The number of carbonyl (C=O) groups excluding carboxylic acids is 1. The highest BCUT2D eigenvalue weighted by Crippen LogP contribution is 2.31. The van der Waals surface area contributed by atoms with Gasteiger partial charge in [0, 0.05) is 26.2 Å². The molecule has 122 valence electrons. The molecule has 1 atom stereocenters. The van der Waals surface area contributed by atoms with Gasteiger partial charge in [0.25, 0.3) is 0 Å². The average Bonchev–Trinajstić information content (AvgIpc) is 3.03. The molecule has 1 amide bonds. The van der Waals surface area contributed by atoms with Crippen LogP contribution in [0.4, 0.5) is 0 Å². The molecule has 0 unspecified atom stereocenters. The maximum Gasteiger partial charge on any atom is 0.220 e. The second-order valence-corrected chi connectivity index (χ2v) is 5.98. The molecule has 0 bridgehead atoms. The molecule has 6 nitrogen and oxygen atoms in total. The van der Waals surface area contributed by atoms with Crippen LogP contribution in [0.5, 0.6) is 0 Å². The van der Waals surface area contributed by atoms with Gasteiger partial charge in [0.2, 0.25) is 5.91 Å². The van der Waals surface area contributed by atoms with E-state index in [0.29, 0.717) is 0 Å². The molecule has 2 aromatic heterocycles. The number of hydrogen-bond acceptors (Lipinski definition) is 4. The third kappa shape index (κ3) is 3.11. The summed E-state index contributed by atoms with van der Waals surface area (Å²) >= 11 is 0. The number of rotatable bonds is 3. The number of hydrogen-bond donors (Lipinski definition) is 0. The number of nitrogens with zero attached hydrogens (tertiary/aromatic N) is 5.